The number of likely N-dealkylation sites (tertiary alicyclic amines) is 1. The van der Waals surface area contributed by atoms with Crippen LogP contribution in [0.4, 0.5) is 4.39 Å². The number of rotatable bonds is 3. The third-order valence-electron chi connectivity index (χ3n) is 4.87. The predicted molar refractivity (Wildman–Crippen MR) is 78.5 cm³/mol. The number of carbonyl (C=O) groups excluding carboxylic acids is 1. The first-order valence-corrected chi connectivity index (χ1v) is 7.76. The summed E-state index contributed by atoms with van der Waals surface area (Å²) < 4.78 is 18.9. The zero-order chi connectivity index (χ0) is 14.9. The molecule has 114 valence electrons. The molecule has 3 rings (SSSR count). The quantitative estimate of drug-likeness (QED) is 0.802. The smallest absolute Gasteiger partial charge is 0.316 e. The molecule has 1 aromatic carbocycles. The van der Waals surface area contributed by atoms with E-state index in [0.717, 1.165) is 50.8 Å². The first-order chi connectivity index (χ1) is 10.1. The lowest BCUT2D eigenvalue weighted by atomic mass is 9.79. The van der Waals surface area contributed by atoms with Gasteiger partial charge in [0.1, 0.15) is 11.9 Å². The van der Waals surface area contributed by atoms with E-state index in [1.54, 1.807) is 12.1 Å². The van der Waals surface area contributed by atoms with Crippen molar-refractivity contribution in [2.75, 3.05) is 20.1 Å². The number of esters is 1. The Bertz CT molecular complexity index is 508. The van der Waals surface area contributed by atoms with Crippen molar-refractivity contribution in [3.05, 3.63) is 35.6 Å². The van der Waals surface area contributed by atoms with Crippen LogP contribution in [-0.4, -0.2) is 37.1 Å². The summed E-state index contributed by atoms with van der Waals surface area (Å²) in [4.78, 5) is 15.0. The fraction of sp³-hybridized carbons (Fsp3) is 0.588. The highest BCUT2D eigenvalue weighted by atomic mass is 19.1. The molecule has 0 unspecified atom stereocenters. The maximum absolute atomic E-state index is 13.1. The molecule has 1 aromatic rings. The summed E-state index contributed by atoms with van der Waals surface area (Å²) in [5, 5.41) is 0. The van der Waals surface area contributed by atoms with E-state index in [1.807, 2.05) is 7.05 Å². The summed E-state index contributed by atoms with van der Waals surface area (Å²) in [5.74, 6) is -0.385. The normalized spacial score (nSPS) is 25.1. The molecule has 21 heavy (non-hydrogen) atoms. The molecule has 2 aliphatic rings. The van der Waals surface area contributed by atoms with Crippen LogP contribution < -0.4 is 0 Å². The molecule has 0 radical (unpaired) electrons. The van der Waals surface area contributed by atoms with Gasteiger partial charge >= 0.3 is 5.97 Å². The maximum Gasteiger partial charge on any atom is 0.316 e. The number of halogens is 1. The SMILES string of the molecule is CN1CC[C@H](OC(=O)C2(c3ccc(F)cc3)CCCC2)C1. The van der Waals surface area contributed by atoms with Crippen molar-refractivity contribution in [1.29, 1.82) is 0 Å². The number of hydrogen-bond acceptors (Lipinski definition) is 3. The summed E-state index contributed by atoms with van der Waals surface area (Å²) in [6.07, 6.45) is 4.57. The number of hydrogen-bond donors (Lipinski definition) is 0. The molecule has 1 heterocycles. The summed E-state index contributed by atoms with van der Waals surface area (Å²) in [6.45, 7) is 1.78. The van der Waals surface area contributed by atoms with Crippen molar-refractivity contribution in [2.45, 2.75) is 43.6 Å². The lowest BCUT2D eigenvalue weighted by Gasteiger charge is -2.29. The van der Waals surface area contributed by atoms with Crippen molar-refractivity contribution in [2.24, 2.45) is 0 Å². The van der Waals surface area contributed by atoms with Crippen molar-refractivity contribution in [1.82, 2.24) is 4.90 Å². The first-order valence-electron chi connectivity index (χ1n) is 7.76. The minimum Gasteiger partial charge on any atom is -0.460 e. The third-order valence-corrected chi connectivity index (χ3v) is 4.87. The van der Waals surface area contributed by atoms with E-state index < -0.39 is 5.41 Å². The molecule has 0 spiro atoms. The molecule has 4 heteroatoms. The Hall–Kier alpha value is -1.42. The summed E-state index contributed by atoms with van der Waals surface area (Å²) in [6, 6.07) is 6.35. The first kappa shape index (κ1) is 14.5. The molecule has 2 fully saturated rings. The van der Waals surface area contributed by atoms with Crippen molar-refractivity contribution in [3.63, 3.8) is 0 Å². The average molecular weight is 291 g/mol. The van der Waals surface area contributed by atoms with Gasteiger partial charge in [-0.15, -0.1) is 0 Å². The highest BCUT2D eigenvalue weighted by Crippen LogP contribution is 2.42. The summed E-state index contributed by atoms with van der Waals surface area (Å²) in [5.41, 5.74) is 0.340. The van der Waals surface area contributed by atoms with Crippen molar-refractivity contribution < 1.29 is 13.9 Å². The summed E-state index contributed by atoms with van der Waals surface area (Å²) >= 11 is 0. The molecule has 0 N–H and O–H groups in total. The largest absolute Gasteiger partial charge is 0.460 e. The average Bonchev–Trinajstić information content (AvgIpc) is 3.10. The van der Waals surface area contributed by atoms with Crippen LogP contribution in [-0.2, 0) is 14.9 Å². The van der Waals surface area contributed by atoms with E-state index in [2.05, 4.69) is 4.90 Å². The number of carbonyl (C=O) groups is 1. The van der Waals surface area contributed by atoms with Crippen LogP contribution in [0.5, 0.6) is 0 Å². The molecule has 0 aromatic heterocycles. The standard InChI is InChI=1S/C17H22FNO2/c1-19-11-8-15(12-19)21-16(20)17(9-2-3-10-17)13-4-6-14(18)7-5-13/h4-7,15H,2-3,8-12H2,1H3/t15-/m0/s1. The van der Waals surface area contributed by atoms with Crippen molar-refractivity contribution >= 4 is 5.97 Å². The predicted octanol–water partition coefficient (Wildman–Crippen LogP) is 2.88. The van der Waals surface area contributed by atoms with Gasteiger partial charge in [0.15, 0.2) is 0 Å². The van der Waals surface area contributed by atoms with Gasteiger partial charge in [0.2, 0.25) is 0 Å². The van der Waals surface area contributed by atoms with Gasteiger partial charge in [-0.3, -0.25) is 4.79 Å². The maximum atomic E-state index is 13.1. The molecule has 0 bridgehead atoms. The Morgan fingerprint density at radius 2 is 1.95 bits per heavy atom. The fourth-order valence-corrected chi connectivity index (χ4v) is 3.61. The Balaban J connectivity index is 1.80. The Morgan fingerprint density at radius 1 is 1.29 bits per heavy atom. The van der Waals surface area contributed by atoms with E-state index in [-0.39, 0.29) is 17.9 Å². The molecule has 1 aliphatic heterocycles. The molecule has 1 atom stereocenters. The minimum atomic E-state index is -0.561. The van der Waals surface area contributed by atoms with Gasteiger partial charge in [-0.25, -0.2) is 4.39 Å². The Labute approximate surface area is 125 Å². The minimum absolute atomic E-state index is 0.000392. The molecule has 1 saturated carbocycles. The van der Waals surface area contributed by atoms with Crippen LogP contribution in [0.25, 0.3) is 0 Å². The van der Waals surface area contributed by atoms with Gasteiger partial charge in [0.05, 0.1) is 5.41 Å². The van der Waals surface area contributed by atoms with Crippen LogP contribution in [0.15, 0.2) is 24.3 Å². The monoisotopic (exact) mass is 291 g/mol. The van der Waals surface area contributed by atoms with Gasteiger partial charge < -0.3 is 9.64 Å². The second-order valence-corrected chi connectivity index (χ2v) is 6.37. The number of benzene rings is 1. The second kappa shape index (κ2) is 5.76. The fourth-order valence-electron chi connectivity index (χ4n) is 3.61. The van der Waals surface area contributed by atoms with E-state index >= 15 is 0 Å². The zero-order valence-corrected chi connectivity index (χ0v) is 12.5. The molecular formula is C17H22FNO2. The highest BCUT2D eigenvalue weighted by Gasteiger charge is 2.45. The van der Waals surface area contributed by atoms with Crippen LogP contribution in [0.1, 0.15) is 37.7 Å². The van der Waals surface area contributed by atoms with E-state index in [9.17, 15) is 9.18 Å². The molecule has 1 aliphatic carbocycles. The van der Waals surface area contributed by atoms with Crippen LogP contribution in [0.3, 0.4) is 0 Å². The summed E-state index contributed by atoms with van der Waals surface area (Å²) in [7, 11) is 2.04. The van der Waals surface area contributed by atoms with Crippen LogP contribution >= 0.6 is 0 Å². The van der Waals surface area contributed by atoms with Gasteiger partial charge in [-0.05, 0) is 44.0 Å². The van der Waals surface area contributed by atoms with E-state index in [0.29, 0.717) is 0 Å². The Kier molecular flexibility index (Phi) is 3.98. The lowest BCUT2D eigenvalue weighted by molar-refractivity contribution is -0.155. The van der Waals surface area contributed by atoms with E-state index in [1.165, 1.54) is 12.1 Å². The number of ether oxygens (including phenoxy) is 1. The number of likely N-dealkylation sites (N-methyl/N-ethyl adjacent to an activating group) is 1. The van der Waals surface area contributed by atoms with Crippen LogP contribution in [0.2, 0.25) is 0 Å². The van der Waals surface area contributed by atoms with Gasteiger partial charge in [0, 0.05) is 13.1 Å². The van der Waals surface area contributed by atoms with Gasteiger partial charge in [-0.1, -0.05) is 25.0 Å². The molecular weight excluding hydrogens is 269 g/mol. The zero-order valence-electron chi connectivity index (χ0n) is 12.5. The molecule has 0 amide bonds. The third kappa shape index (κ3) is 2.82. The second-order valence-electron chi connectivity index (χ2n) is 6.37. The molecule has 1 saturated heterocycles. The van der Waals surface area contributed by atoms with E-state index in [4.69, 9.17) is 4.74 Å². The van der Waals surface area contributed by atoms with Gasteiger partial charge in [0.25, 0.3) is 0 Å². The number of nitrogens with zero attached hydrogens (tertiary/aromatic N) is 1. The lowest BCUT2D eigenvalue weighted by Crippen LogP contribution is -2.37. The Morgan fingerprint density at radius 3 is 2.52 bits per heavy atom. The van der Waals surface area contributed by atoms with Crippen LogP contribution in [0, 0.1) is 5.82 Å². The van der Waals surface area contributed by atoms with Crippen molar-refractivity contribution in [3.8, 4) is 0 Å². The topological polar surface area (TPSA) is 29.5 Å². The highest BCUT2D eigenvalue weighted by molar-refractivity contribution is 5.83. The van der Waals surface area contributed by atoms with Gasteiger partial charge in [-0.2, -0.15) is 0 Å². The molecule has 3 nitrogen and oxygen atoms in total.